The first-order chi connectivity index (χ1) is 8.78. The predicted molar refractivity (Wildman–Crippen MR) is 70.2 cm³/mol. The van der Waals surface area contributed by atoms with E-state index in [9.17, 15) is 0 Å². The van der Waals surface area contributed by atoms with Crippen LogP contribution >= 0.6 is 0 Å². The molecule has 5 nitrogen and oxygen atoms in total. The lowest BCUT2D eigenvalue weighted by Gasteiger charge is -2.14. The van der Waals surface area contributed by atoms with E-state index in [1.54, 1.807) is 6.07 Å². The molecule has 1 aliphatic rings. The van der Waals surface area contributed by atoms with Gasteiger partial charge in [-0.3, -0.25) is 0 Å². The summed E-state index contributed by atoms with van der Waals surface area (Å²) in [6, 6.07) is 3.72. The van der Waals surface area contributed by atoms with Crippen LogP contribution in [0.5, 0.6) is 0 Å². The number of anilines is 1. The molecular weight excluding hydrogens is 226 g/mol. The molecule has 0 fully saturated rings. The molecule has 5 heteroatoms. The molecule has 0 bridgehead atoms. The maximum absolute atomic E-state index is 8.83. The number of rotatable bonds is 4. The molecule has 0 aromatic carbocycles. The maximum Gasteiger partial charge on any atom is 0.224 e. The van der Waals surface area contributed by atoms with E-state index in [0.29, 0.717) is 11.6 Å². The van der Waals surface area contributed by atoms with Crippen LogP contribution in [-0.2, 0) is 0 Å². The fourth-order valence-electron chi connectivity index (χ4n) is 1.94. The predicted octanol–water partition coefficient (Wildman–Crippen LogP) is 1.38. The van der Waals surface area contributed by atoms with Crippen molar-refractivity contribution >= 4 is 5.95 Å². The highest BCUT2D eigenvalue weighted by Gasteiger charge is 2.04. The van der Waals surface area contributed by atoms with E-state index >= 15 is 0 Å². The summed E-state index contributed by atoms with van der Waals surface area (Å²) in [6.07, 6.45) is 4.35. The molecule has 18 heavy (non-hydrogen) atoms. The molecule has 0 atom stereocenters. The number of aromatic nitrogens is 2. The van der Waals surface area contributed by atoms with Gasteiger partial charge in [0.1, 0.15) is 11.8 Å². The van der Waals surface area contributed by atoms with Gasteiger partial charge >= 0.3 is 0 Å². The minimum absolute atomic E-state index is 0.408. The zero-order chi connectivity index (χ0) is 12.8. The lowest BCUT2D eigenvalue weighted by atomic mass is 10.1. The molecule has 1 aromatic heterocycles. The van der Waals surface area contributed by atoms with E-state index in [1.165, 1.54) is 5.57 Å². The molecular formula is C13H17N5. The topological polar surface area (TPSA) is 73.6 Å². The van der Waals surface area contributed by atoms with Crippen LogP contribution in [0.1, 0.15) is 24.2 Å². The summed E-state index contributed by atoms with van der Waals surface area (Å²) < 4.78 is 0. The third-order valence-electron chi connectivity index (χ3n) is 2.86. The second-order valence-electron chi connectivity index (χ2n) is 4.32. The summed E-state index contributed by atoms with van der Waals surface area (Å²) in [5, 5.41) is 15.3. The van der Waals surface area contributed by atoms with Crippen molar-refractivity contribution in [1.82, 2.24) is 15.3 Å². The van der Waals surface area contributed by atoms with Crippen LogP contribution < -0.4 is 10.6 Å². The Kier molecular flexibility index (Phi) is 4.26. The van der Waals surface area contributed by atoms with Crippen molar-refractivity contribution in [2.24, 2.45) is 0 Å². The highest BCUT2D eigenvalue weighted by Crippen LogP contribution is 2.10. The van der Waals surface area contributed by atoms with E-state index < -0.39 is 0 Å². The van der Waals surface area contributed by atoms with Gasteiger partial charge in [-0.2, -0.15) is 5.26 Å². The van der Waals surface area contributed by atoms with Crippen LogP contribution in [-0.4, -0.2) is 29.6 Å². The average Bonchev–Trinajstić information content (AvgIpc) is 2.39. The van der Waals surface area contributed by atoms with Crippen molar-refractivity contribution in [3.63, 3.8) is 0 Å². The fraction of sp³-hybridized carbons (Fsp3) is 0.462. The lowest BCUT2D eigenvalue weighted by molar-refractivity contribution is 0.683. The molecule has 2 N–H and O–H groups in total. The van der Waals surface area contributed by atoms with Crippen LogP contribution in [0.4, 0.5) is 5.95 Å². The molecule has 0 unspecified atom stereocenters. The standard InChI is InChI=1S/C13H17N5/c1-10-8-12(9-14)18-13(17-10)16-7-4-11-2-5-15-6-3-11/h2,8,15H,3-7H2,1H3,(H,16,17,18). The van der Waals surface area contributed by atoms with Gasteiger partial charge in [-0.1, -0.05) is 11.6 Å². The van der Waals surface area contributed by atoms with E-state index in [0.717, 1.165) is 38.2 Å². The molecule has 1 aromatic rings. The first-order valence-electron chi connectivity index (χ1n) is 6.16. The summed E-state index contributed by atoms with van der Waals surface area (Å²) in [7, 11) is 0. The number of hydrogen-bond acceptors (Lipinski definition) is 5. The van der Waals surface area contributed by atoms with Gasteiger partial charge in [0.15, 0.2) is 0 Å². The summed E-state index contributed by atoms with van der Waals surface area (Å²) in [6.45, 7) is 4.70. The van der Waals surface area contributed by atoms with Crippen molar-refractivity contribution in [3.05, 3.63) is 29.1 Å². The Morgan fingerprint density at radius 3 is 3.11 bits per heavy atom. The molecule has 0 radical (unpaired) electrons. The third kappa shape index (κ3) is 3.54. The SMILES string of the molecule is Cc1cc(C#N)nc(NCCC2=CCNCC2)n1. The van der Waals surface area contributed by atoms with Crippen molar-refractivity contribution in [3.8, 4) is 6.07 Å². The Morgan fingerprint density at radius 2 is 2.39 bits per heavy atom. The molecule has 0 saturated heterocycles. The van der Waals surface area contributed by atoms with Gasteiger partial charge < -0.3 is 10.6 Å². The van der Waals surface area contributed by atoms with Crippen LogP contribution in [0.2, 0.25) is 0 Å². The molecule has 0 saturated carbocycles. The minimum atomic E-state index is 0.408. The Labute approximate surface area is 107 Å². The van der Waals surface area contributed by atoms with Gasteiger partial charge in [-0.05, 0) is 32.4 Å². The summed E-state index contributed by atoms with van der Waals surface area (Å²) in [4.78, 5) is 8.38. The van der Waals surface area contributed by atoms with E-state index in [4.69, 9.17) is 5.26 Å². The highest BCUT2D eigenvalue weighted by molar-refractivity contribution is 5.33. The van der Waals surface area contributed by atoms with Gasteiger partial charge in [-0.25, -0.2) is 9.97 Å². The van der Waals surface area contributed by atoms with E-state index in [2.05, 4.69) is 26.7 Å². The zero-order valence-electron chi connectivity index (χ0n) is 10.5. The number of nitriles is 1. The molecule has 0 amide bonds. The second kappa shape index (κ2) is 6.12. The van der Waals surface area contributed by atoms with E-state index in [-0.39, 0.29) is 0 Å². The smallest absolute Gasteiger partial charge is 0.224 e. The molecule has 1 aliphatic heterocycles. The minimum Gasteiger partial charge on any atom is -0.354 e. The van der Waals surface area contributed by atoms with Crippen LogP contribution in [0, 0.1) is 18.3 Å². The summed E-state index contributed by atoms with van der Waals surface area (Å²) >= 11 is 0. The number of aryl methyl sites for hydroxylation is 1. The van der Waals surface area contributed by atoms with Gasteiger partial charge in [0, 0.05) is 18.8 Å². The van der Waals surface area contributed by atoms with Crippen molar-refractivity contribution in [2.45, 2.75) is 19.8 Å². The third-order valence-corrected chi connectivity index (χ3v) is 2.86. The zero-order valence-corrected chi connectivity index (χ0v) is 10.5. The first kappa shape index (κ1) is 12.5. The van der Waals surface area contributed by atoms with Gasteiger partial charge in [0.05, 0.1) is 0 Å². The highest BCUT2D eigenvalue weighted by atomic mass is 15.1. The molecule has 0 spiro atoms. The first-order valence-corrected chi connectivity index (χ1v) is 6.16. The second-order valence-corrected chi connectivity index (χ2v) is 4.32. The van der Waals surface area contributed by atoms with Gasteiger partial charge in [0.2, 0.25) is 5.95 Å². The van der Waals surface area contributed by atoms with Crippen molar-refractivity contribution in [1.29, 1.82) is 5.26 Å². The fourth-order valence-corrected chi connectivity index (χ4v) is 1.94. The Hall–Kier alpha value is -1.93. The summed E-state index contributed by atoms with van der Waals surface area (Å²) in [5.74, 6) is 0.543. The number of hydrogen-bond donors (Lipinski definition) is 2. The van der Waals surface area contributed by atoms with Crippen molar-refractivity contribution in [2.75, 3.05) is 25.0 Å². The lowest BCUT2D eigenvalue weighted by Crippen LogP contribution is -2.21. The quantitative estimate of drug-likeness (QED) is 0.781. The normalized spacial score (nSPS) is 14.8. The van der Waals surface area contributed by atoms with Crippen molar-refractivity contribution < 1.29 is 0 Å². The Morgan fingerprint density at radius 1 is 1.50 bits per heavy atom. The molecule has 0 aliphatic carbocycles. The van der Waals surface area contributed by atoms with Crippen LogP contribution in [0.15, 0.2) is 17.7 Å². The van der Waals surface area contributed by atoms with Crippen LogP contribution in [0.3, 0.4) is 0 Å². The number of nitrogens with zero attached hydrogens (tertiary/aromatic N) is 3. The van der Waals surface area contributed by atoms with Crippen LogP contribution in [0.25, 0.3) is 0 Å². The Balaban J connectivity index is 1.88. The largest absolute Gasteiger partial charge is 0.354 e. The Bertz CT molecular complexity index is 487. The maximum atomic E-state index is 8.83. The monoisotopic (exact) mass is 243 g/mol. The van der Waals surface area contributed by atoms with Gasteiger partial charge in [-0.15, -0.1) is 0 Å². The average molecular weight is 243 g/mol. The molecule has 94 valence electrons. The summed E-state index contributed by atoms with van der Waals surface area (Å²) in [5.41, 5.74) is 2.69. The number of nitrogens with one attached hydrogen (secondary N) is 2. The van der Waals surface area contributed by atoms with Gasteiger partial charge in [0.25, 0.3) is 0 Å². The molecule has 2 heterocycles. The van der Waals surface area contributed by atoms with E-state index in [1.807, 2.05) is 13.0 Å². The molecule has 2 rings (SSSR count).